The van der Waals surface area contributed by atoms with Crippen molar-refractivity contribution in [1.82, 2.24) is 10.6 Å². The number of amides is 2. The van der Waals surface area contributed by atoms with E-state index in [2.05, 4.69) is 56.5 Å². The highest BCUT2D eigenvalue weighted by Gasteiger charge is 2.68. The molecule has 8 heteroatoms. The average Bonchev–Trinajstić information content (AvgIpc) is 3.34. The Morgan fingerprint density at radius 2 is 1.74 bits per heavy atom. The van der Waals surface area contributed by atoms with Crippen LogP contribution in [-0.2, 0) is 20.5 Å². The Balaban J connectivity index is 1.23. The number of benzene rings is 3. The van der Waals surface area contributed by atoms with Crippen molar-refractivity contribution < 1.29 is 18.9 Å². The van der Waals surface area contributed by atoms with Crippen molar-refractivity contribution in [2.24, 2.45) is 17.3 Å². The van der Waals surface area contributed by atoms with Crippen molar-refractivity contribution in [3.05, 3.63) is 106 Å². The molecule has 4 aliphatic rings. The number of carbonyl (C=O) groups is 2. The fourth-order valence-electron chi connectivity index (χ4n) is 7.64. The summed E-state index contributed by atoms with van der Waals surface area (Å²) >= 11 is 6.31. The number of rotatable bonds is 9. The number of hydrogen-bond acceptors (Lipinski definition) is 4. The summed E-state index contributed by atoms with van der Waals surface area (Å²) in [4.78, 5) is 27.0. The molecule has 0 aromatic heterocycles. The van der Waals surface area contributed by atoms with Gasteiger partial charge < -0.3 is 19.9 Å². The summed E-state index contributed by atoms with van der Waals surface area (Å²) < 4.78 is 13.4. The highest BCUT2D eigenvalue weighted by Crippen LogP contribution is 2.65. The Labute approximate surface area is 260 Å². The fourth-order valence-corrected chi connectivity index (χ4v) is 7.84. The first-order chi connectivity index (χ1) is 20.5. The van der Waals surface area contributed by atoms with Crippen LogP contribution < -0.4 is 10.6 Å². The van der Waals surface area contributed by atoms with Gasteiger partial charge in [-0.2, -0.15) is 0 Å². The number of halogens is 1. The Hall–Kier alpha value is -3.13. The van der Waals surface area contributed by atoms with Crippen LogP contribution in [0.15, 0.2) is 78.9 Å². The molecule has 3 saturated carbocycles. The van der Waals surface area contributed by atoms with Crippen LogP contribution in [0.3, 0.4) is 0 Å². The lowest BCUT2D eigenvalue weighted by molar-refractivity contribution is -0.199. The van der Waals surface area contributed by atoms with E-state index in [9.17, 15) is 9.59 Å². The van der Waals surface area contributed by atoms with Crippen LogP contribution >= 0.6 is 11.6 Å². The van der Waals surface area contributed by atoms with Crippen molar-refractivity contribution >= 4 is 30.5 Å². The first kappa shape index (κ1) is 29.9. The Bertz CT molecular complexity index is 1500. The van der Waals surface area contributed by atoms with Crippen molar-refractivity contribution in [1.29, 1.82) is 0 Å². The number of carbonyl (C=O) groups excluding carboxylic acids is 2. The minimum absolute atomic E-state index is 0.00977. The smallest absolute Gasteiger partial charge is 0.404 e. The third-order valence-electron chi connectivity index (χ3n) is 10.2. The fraction of sp³-hybridized carbons (Fsp3) is 0.429. The predicted octanol–water partition coefficient (Wildman–Crippen LogP) is 6.50. The molecule has 6 atom stereocenters. The van der Waals surface area contributed by atoms with Crippen LogP contribution in [0.4, 0.5) is 0 Å². The Morgan fingerprint density at radius 1 is 0.977 bits per heavy atom. The third-order valence-corrected chi connectivity index (χ3v) is 10.4. The summed E-state index contributed by atoms with van der Waals surface area (Å²) in [6.45, 7) is 8.94. The summed E-state index contributed by atoms with van der Waals surface area (Å²) in [6.07, 6.45) is 2.75. The number of nitrogens with one attached hydrogen (secondary N) is 2. The van der Waals surface area contributed by atoms with Crippen molar-refractivity contribution in [2.75, 3.05) is 0 Å². The summed E-state index contributed by atoms with van der Waals surface area (Å²) in [6, 6.07) is 24.0. The highest BCUT2D eigenvalue weighted by molar-refractivity contribution is 6.48. The van der Waals surface area contributed by atoms with Crippen molar-refractivity contribution in [3.63, 3.8) is 0 Å². The molecule has 3 aliphatic carbocycles. The molecule has 1 unspecified atom stereocenters. The zero-order valence-corrected chi connectivity index (χ0v) is 26.1. The van der Waals surface area contributed by atoms with Gasteiger partial charge in [-0.25, -0.2) is 0 Å². The van der Waals surface area contributed by atoms with Gasteiger partial charge in [0.1, 0.15) is 0 Å². The molecular weight excluding hydrogens is 559 g/mol. The van der Waals surface area contributed by atoms with E-state index >= 15 is 0 Å². The zero-order valence-electron chi connectivity index (χ0n) is 25.3. The highest BCUT2D eigenvalue weighted by atomic mass is 35.5. The summed E-state index contributed by atoms with van der Waals surface area (Å²) in [5.41, 5.74) is 3.38. The number of hydrogen-bond donors (Lipinski definition) is 2. The van der Waals surface area contributed by atoms with E-state index in [0.29, 0.717) is 28.8 Å². The second-order valence-electron chi connectivity index (χ2n) is 13.4. The largest absolute Gasteiger partial charge is 0.482 e. The average molecular weight is 599 g/mol. The van der Waals surface area contributed by atoms with Gasteiger partial charge in [0.15, 0.2) is 0 Å². The molecule has 6 nitrogen and oxygen atoms in total. The van der Waals surface area contributed by atoms with E-state index in [1.54, 1.807) is 24.3 Å². The van der Waals surface area contributed by atoms with Gasteiger partial charge in [0.25, 0.3) is 5.91 Å². The second-order valence-corrected chi connectivity index (χ2v) is 13.8. The zero-order chi connectivity index (χ0) is 30.4. The molecule has 3 aromatic rings. The lowest BCUT2D eigenvalue weighted by Gasteiger charge is -2.64. The maximum absolute atomic E-state index is 13.8. The molecule has 1 aliphatic heterocycles. The topological polar surface area (TPSA) is 76.7 Å². The first-order valence-electron chi connectivity index (χ1n) is 15.3. The Kier molecular flexibility index (Phi) is 8.18. The van der Waals surface area contributed by atoms with E-state index < -0.39 is 19.1 Å². The van der Waals surface area contributed by atoms with Gasteiger partial charge in [-0.05, 0) is 85.8 Å². The predicted molar refractivity (Wildman–Crippen MR) is 170 cm³/mol. The number of aryl methyl sites for hydroxylation is 1. The van der Waals surface area contributed by atoms with Crippen LogP contribution in [0.25, 0.3) is 0 Å². The van der Waals surface area contributed by atoms with Gasteiger partial charge in [0, 0.05) is 10.6 Å². The van der Waals surface area contributed by atoms with Gasteiger partial charge in [0.05, 0.1) is 30.1 Å². The molecule has 1 heterocycles. The molecular formula is C35H40BClN2O4. The minimum atomic E-state index is -0.579. The van der Waals surface area contributed by atoms with Gasteiger partial charge in [-0.15, -0.1) is 0 Å². The van der Waals surface area contributed by atoms with Crippen LogP contribution in [0, 0.1) is 24.2 Å². The normalized spacial score (nSPS) is 26.5. The van der Waals surface area contributed by atoms with Crippen molar-refractivity contribution in [2.45, 2.75) is 77.1 Å². The van der Waals surface area contributed by atoms with Crippen molar-refractivity contribution in [3.8, 4) is 0 Å². The molecule has 3 aromatic carbocycles. The molecule has 2 amide bonds. The van der Waals surface area contributed by atoms with Crippen LogP contribution in [0.5, 0.6) is 0 Å². The summed E-state index contributed by atoms with van der Waals surface area (Å²) in [5, 5.41) is 6.85. The maximum atomic E-state index is 13.8. The van der Waals surface area contributed by atoms with Crippen LogP contribution in [0.2, 0.25) is 5.02 Å². The molecule has 2 N–H and O–H groups in total. The Morgan fingerprint density at radius 3 is 2.47 bits per heavy atom. The molecule has 43 heavy (non-hydrogen) atoms. The molecule has 0 radical (unpaired) electrons. The SMILES string of the molecule is Cc1cccc(C[C@H](NC(=O)CC(NC(=O)c2ccccc2)c2cccc(Cl)c2)B2O[C@@H]3C[C@@H]4C[C@@H](C4(C)C)[C@]3(C)O2)c1. The molecule has 4 fully saturated rings. The molecule has 0 spiro atoms. The van der Waals surface area contributed by atoms with Gasteiger partial charge in [-0.1, -0.05) is 85.6 Å². The van der Waals surface area contributed by atoms with E-state index in [4.69, 9.17) is 20.9 Å². The summed E-state index contributed by atoms with van der Waals surface area (Å²) in [5.74, 6) is 0.198. The lowest BCUT2D eigenvalue weighted by atomic mass is 9.43. The van der Waals surface area contributed by atoms with E-state index in [0.717, 1.165) is 29.5 Å². The minimum Gasteiger partial charge on any atom is -0.404 e. The quantitative estimate of drug-likeness (QED) is 0.276. The van der Waals surface area contributed by atoms with E-state index in [1.165, 1.54) is 0 Å². The lowest BCUT2D eigenvalue weighted by Crippen LogP contribution is -2.65. The van der Waals surface area contributed by atoms with Gasteiger partial charge >= 0.3 is 7.12 Å². The van der Waals surface area contributed by atoms with Crippen LogP contribution in [-0.4, -0.2) is 36.6 Å². The van der Waals surface area contributed by atoms with Crippen LogP contribution in [0.1, 0.15) is 73.1 Å². The standard InChI is InChI=1S/C35H40BClN2O4/c1-22-10-8-11-23(16-22)17-31(36-42-30-20-26-19-29(34(26,2)3)35(30,4)43-36)39-32(40)21-28(25-14-9-15-27(37)18-25)38-33(41)24-12-6-5-7-13-24/h5-16,18,26,28-31H,17,19-21H2,1-4H3,(H,38,41)(H,39,40)/t26-,28?,29-,30+,31-,35-/m0/s1. The maximum Gasteiger partial charge on any atom is 0.482 e. The van der Waals surface area contributed by atoms with E-state index in [1.807, 2.05) is 36.4 Å². The van der Waals surface area contributed by atoms with E-state index in [-0.39, 0.29) is 35.4 Å². The molecule has 2 bridgehead atoms. The van der Waals surface area contributed by atoms with Gasteiger partial charge in [-0.3, -0.25) is 9.59 Å². The monoisotopic (exact) mass is 598 g/mol. The third kappa shape index (κ3) is 6.00. The first-order valence-corrected chi connectivity index (χ1v) is 15.7. The summed E-state index contributed by atoms with van der Waals surface area (Å²) in [7, 11) is -0.571. The van der Waals surface area contributed by atoms with Gasteiger partial charge in [0.2, 0.25) is 5.91 Å². The second kappa shape index (κ2) is 11.8. The molecule has 7 rings (SSSR count). The molecule has 224 valence electrons. The molecule has 1 saturated heterocycles.